The van der Waals surface area contributed by atoms with E-state index in [9.17, 15) is 4.91 Å². The van der Waals surface area contributed by atoms with Crippen molar-refractivity contribution in [3.05, 3.63) is 28.1 Å². The van der Waals surface area contributed by atoms with Crippen LogP contribution in [-0.2, 0) is 4.74 Å². The smallest absolute Gasteiger partial charge is 0.145 e. The average Bonchev–Trinajstić information content (AvgIpc) is 2.87. The topological polar surface area (TPSA) is 69.4 Å². The van der Waals surface area contributed by atoms with Crippen LogP contribution in [0.25, 0.3) is 11.0 Å². The van der Waals surface area contributed by atoms with Gasteiger partial charge in [0.2, 0.25) is 0 Å². The highest BCUT2D eigenvalue weighted by molar-refractivity contribution is 6.34. The van der Waals surface area contributed by atoms with Gasteiger partial charge in [0, 0.05) is 19.3 Å². The van der Waals surface area contributed by atoms with Crippen molar-refractivity contribution in [3.63, 3.8) is 0 Å². The van der Waals surface area contributed by atoms with E-state index in [2.05, 4.69) is 15.1 Å². The Kier molecular flexibility index (Phi) is 7.41. The highest BCUT2D eigenvalue weighted by Crippen LogP contribution is 2.28. The molecule has 2 aromatic rings. The van der Waals surface area contributed by atoms with Gasteiger partial charge < -0.3 is 9.30 Å². The number of hydrogen-bond acceptors (Lipinski definition) is 5. The Morgan fingerprint density at radius 2 is 2.09 bits per heavy atom. The van der Waals surface area contributed by atoms with E-state index in [1.807, 2.05) is 38.5 Å². The maximum atomic E-state index is 10.4. The van der Waals surface area contributed by atoms with Crippen LogP contribution in [0.5, 0.6) is 0 Å². The lowest BCUT2D eigenvalue weighted by Gasteiger charge is -2.19. The molecule has 7 heteroatoms. The Balaban J connectivity index is 0.00000116. The van der Waals surface area contributed by atoms with Crippen molar-refractivity contribution >= 4 is 22.6 Å². The van der Waals surface area contributed by atoms with E-state index in [-0.39, 0.29) is 18.7 Å². The highest BCUT2D eigenvalue weighted by Gasteiger charge is 2.18. The third-order valence-electron chi connectivity index (χ3n) is 3.44. The molecule has 0 aliphatic rings. The fourth-order valence-corrected chi connectivity index (χ4v) is 2.66. The standard InChI is InChI=1S/C13H17ClN4O2.C2H6/c1-8-6-18(9(2)4-10(20-3)5-17-19)13-11(8)12(14)15-7-16-13;1-2/h6-7,9-10H,4-5H2,1-3H3;1-2H3. The fourth-order valence-electron chi connectivity index (χ4n) is 2.38. The van der Waals surface area contributed by atoms with Gasteiger partial charge in [-0.05, 0) is 25.8 Å². The van der Waals surface area contributed by atoms with Crippen LogP contribution in [0.1, 0.15) is 38.8 Å². The van der Waals surface area contributed by atoms with E-state index < -0.39 is 0 Å². The molecule has 2 unspecified atom stereocenters. The summed E-state index contributed by atoms with van der Waals surface area (Å²) >= 11 is 6.12. The molecule has 0 aliphatic heterocycles. The molecule has 0 amide bonds. The Morgan fingerprint density at radius 3 is 2.68 bits per heavy atom. The quantitative estimate of drug-likeness (QED) is 0.590. The van der Waals surface area contributed by atoms with Crippen molar-refractivity contribution in [2.45, 2.75) is 46.3 Å². The van der Waals surface area contributed by atoms with Gasteiger partial charge in [0.25, 0.3) is 0 Å². The molecule has 0 fully saturated rings. The first-order chi connectivity index (χ1) is 10.6. The number of nitrogens with zero attached hydrogens (tertiary/aromatic N) is 4. The maximum Gasteiger partial charge on any atom is 0.145 e. The largest absolute Gasteiger partial charge is 0.379 e. The molecule has 2 heterocycles. The first kappa shape index (κ1) is 18.5. The Bertz CT molecular complexity index is 615. The molecule has 6 nitrogen and oxygen atoms in total. The van der Waals surface area contributed by atoms with E-state index in [1.54, 1.807) is 7.11 Å². The van der Waals surface area contributed by atoms with Crippen molar-refractivity contribution in [2.24, 2.45) is 5.18 Å². The van der Waals surface area contributed by atoms with Crippen LogP contribution in [0.4, 0.5) is 0 Å². The summed E-state index contributed by atoms with van der Waals surface area (Å²) in [4.78, 5) is 18.7. The summed E-state index contributed by atoms with van der Waals surface area (Å²) in [6.07, 6.45) is 3.93. The SMILES string of the molecule is CC.COC(CN=O)CC(C)n1cc(C)c2c(Cl)ncnc21. The number of methoxy groups -OCH3 is 1. The molecule has 0 spiro atoms. The third kappa shape index (κ3) is 4.01. The molecule has 2 aromatic heterocycles. The lowest BCUT2D eigenvalue weighted by atomic mass is 10.1. The summed E-state index contributed by atoms with van der Waals surface area (Å²) in [5, 5.41) is 4.22. The second kappa shape index (κ2) is 8.80. The van der Waals surface area contributed by atoms with E-state index in [0.29, 0.717) is 11.6 Å². The lowest BCUT2D eigenvalue weighted by Crippen LogP contribution is -2.20. The number of aromatic nitrogens is 3. The summed E-state index contributed by atoms with van der Waals surface area (Å²) in [5.74, 6) is 0. The van der Waals surface area contributed by atoms with Crippen molar-refractivity contribution in [1.29, 1.82) is 0 Å². The number of halogens is 1. The van der Waals surface area contributed by atoms with Crippen LogP contribution in [0, 0.1) is 11.8 Å². The van der Waals surface area contributed by atoms with Crippen LogP contribution in [-0.4, -0.2) is 34.3 Å². The predicted octanol–water partition coefficient (Wildman–Crippen LogP) is 4.15. The van der Waals surface area contributed by atoms with Gasteiger partial charge in [-0.3, -0.25) is 0 Å². The predicted molar refractivity (Wildman–Crippen MR) is 89.4 cm³/mol. The summed E-state index contributed by atoms with van der Waals surface area (Å²) in [5.41, 5.74) is 1.82. The minimum absolute atomic E-state index is 0.115. The zero-order valence-electron chi connectivity index (χ0n) is 13.7. The van der Waals surface area contributed by atoms with Crippen LogP contribution >= 0.6 is 11.6 Å². The number of hydrogen-bond donors (Lipinski definition) is 0. The van der Waals surface area contributed by atoms with Gasteiger partial charge in [0.1, 0.15) is 23.7 Å². The van der Waals surface area contributed by atoms with Crippen LogP contribution < -0.4 is 0 Å². The molecule has 122 valence electrons. The van der Waals surface area contributed by atoms with E-state index in [1.165, 1.54) is 6.33 Å². The van der Waals surface area contributed by atoms with Crippen molar-refractivity contribution in [1.82, 2.24) is 14.5 Å². The number of nitroso groups, excluding NO2 is 1. The number of ether oxygens (including phenoxy) is 1. The zero-order chi connectivity index (χ0) is 16.7. The second-order valence-electron chi connectivity index (χ2n) is 4.84. The Hall–Kier alpha value is -1.53. The summed E-state index contributed by atoms with van der Waals surface area (Å²) < 4.78 is 7.30. The monoisotopic (exact) mass is 326 g/mol. The van der Waals surface area contributed by atoms with Crippen LogP contribution in [0.3, 0.4) is 0 Å². The molecular weight excluding hydrogens is 304 g/mol. The summed E-state index contributed by atoms with van der Waals surface area (Å²) in [6.45, 7) is 8.17. The van der Waals surface area contributed by atoms with E-state index in [4.69, 9.17) is 16.3 Å². The Morgan fingerprint density at radius 1 is 1.41 bits per heavy atom. The summed E-state index contributed by atoms with van der Waals surface area (Å²) in [6, 6.07) is 0.115. The highest BCUT2D eigenvalue weighted by atomic mass is 35.5. The van der Waals surface area contributed by atoms with Crippen molar-refractivity contribution in [2.75, 3.05) is 13.7 Å². The molecule has 22 heavy (non-hydrogen) atoms. The molecule has 2 atom stereocenters. The summed E-state index contributed by atoms with van der Waals surface area (Å²) in [7, 11) is 1.58. The maximum absolute atomic E-state index is 10.4. The second-order valence-corrected chi connectivity index (χ2v) is 5.19. The first-order valence-corrected chi connectivity index (χ1v) is 7.75. The Labute approximate surface area is 135 Å². The minimum Gasteiger partial charge on any atom is -0.379 e. The van der Waals surface area contributed by atoms with E-state index >= 15 is 0 Å². The van der Waals surface area contributed by atoms with Gasteiger partial charge in [0.15, 0.2) is 0 Å². The first-order valence-electron chi connectivity index (χ1n) is 7.38. The zero-order valence-corrected chi connectivity index (χ0v) is 14.5. The molecule has 0 radical (unpaired) electrons. The molecular formula is C15H23ClN4O2. The molecule has 2 rings (SSSR count). The average molecular weight is 327 g/mol. The third-order valence-corrected chi connectivity index (χ3v) is 3.73. The van der Waals surface area contributed by atoms with Gasteiger partial charge in [-0.2, -0.15) is 4.91 Å². The molecule has 0 saturated carbocycles. The van der Waals surface area contributed by atoms with Crippen molar-refractivity contribution < 1.29 is 4.74 Å². The van der Waals surface area contributed by atoms with Gasteiger partial charge >= 0.3 is 0 Å². The molecule has 0 aliphatic carbocycles. The van der Waals surface area contributed by atoms with Crippen LogP contribution in [0.15, 0.2) is 17.7 Å². The molecule has 0 bridgehead atoms. The number of rotatable bonds is 6. The van der Waals surface area contributed by atoms with E-state index in [0.717, 1.165) is 16.6 Å². The minimum atomic E-state index is -0.197. The number of fused-ring (bicyclic) bond motifs is 1. The van der Waals surface area contributed by atoms with Gasteiger partial charge in [0.05, 0.1) is 11.5 Å². The fraction of sp³-hybridized carbons (Fsp3) is 0.600. The van der Waals surface area contributed by atoms with Gasteiger partial charge in [-0.1, -0.05) is 30.6 Å². The molecule has 0 aromatic carbocycles. The lowest BCUT2D eigenvalue weighted by molar-refractivity contribution is 0.0909. The normalized spacial score (nSPS) is 13.4. The van der Waals surface area contributed by atoms with Gasteiger partial charge in [-0.15, -0.1) is 0 Å². The van der Waals surface area contributed by atoms with Crippen LogP contribution in [0.2, 0.25) is 5.15 Å². The van der Waals surface area contributed by atoms with Gasteiger partial charge in [-0.25, -0.2) is 9.97 Å². The molecule has 0 saturated heterocycles. The number of aryl methyl sites for hydroxylation is 1. The van der Waals surface area contributed by atoms with Crippen molar-refractivity contribution in [3.8, 4) is 0 Å². The molecule has 0 N–H and O–H groups in total.